The Kier molecular flexibility index (Phi) is 7.57. The molecule has 0 radical (unpaired) electrons. The summed E-state index contributed by atoms with van der Waals surface area (Å²) in [6, 6.07) is 8.09. The van der Waals surface area contributed by atoms with Gasteiger partial charge in [0.2, 0.25) is 0 Å². The van der Waals surface area contributed by atoms with Crippen molar-refractivity contribution < 1.29 is 32.5 Å². The fourth-order valence-electron chi connectivity index (χ4n) is 6.26. The topological polar surface area (TPSA) is 59.0 Å². The standard InChI is InChI=1S/C29H33ClF3NO4/c1-16(27(35)36)24(18-3-4-18)21-7-5-19-9-10-29(38-26(19)25(21)31)11-13-34(14-12-29)17(2)22-15-20(30)6-8-23(22)37-28(32)33/h5-8,15-18,24,28H,3-4,9-14H2,1-2H3,(H,35,36). The van der Waals surface area contributed by atoms with Gasteiger partial charge in [-0.3, -0.25) is 9.69 Å². The van der Waals surface area contributed by atoms with Crippen molar-refractivity contribution in [1.29, 1.82) is 0 Å². The first-order chi connectivity index (χ1) is 18.1. The zero-order valence-corrected chi connectivity index (χ0v) is 22.3. The molecule has 38 heavy (non-hydrogen) atoms. The van der Waals surface area contributed by atoms with E-state index in [1.54, 1.807) is 19.1 Å². The second kappa shape index (κ2) is 10.6. The van der Waals surface area contributed by atoms with E-state index in [0.717, 1.165) is 24.8 Å². The molecule has 0 amide bonds. The average molecular weight is 552 g/mol. The van der Waals surface area contributed by atoms with E-state index in [-0.39, 0.29) is 29.4 Å². The predicted octanol–water partition coefficient (Wildman–Crippen LogP) is 7.22. The van der Waals surface area contributed by atoms with Crippen LogP contribution >= 0.6 is 11.6 Å². The highest BCUT2D eigenvalue weighted by molar-refractivity contribution is 6.30. The van der Waals surface area contributed by atoms with E-state index in [1.807, 2.05) is 13.0 Å². The van der Waals surface area contributed by atoms with Gasteiger partial charge in [0.1, 0.15) is 11.4 Å². The smallest absolute Gasteiger partial charge is 0.387 e. The van der Waals surface area contributed by atoms with Crippen molar-refractivity contribution >= 4 is 17.6 Å². The maximum Gasteiger partial charge on any atom is 0.387 e. The van der Waals surface area contributed by atoms with Gasteiger partial charge in [0.25, 0.3) is 0 Å². The molecular formula is C29H33ClF3NO4. The van der Waals surface area contributed by atoms with Crippen molar-refractivity contribution in [3.8, 4) is 11.5 Å². The maximum atomic E-state index is 16.0. The molecule has 3 aliphatic rings. The largest absolute Gasteiger partial charge is 0.484 e. The van der Waals surface area contributed by atoms with Crippen LogP contribution in [0.15, 0.2) is 30.3 Å². The monoisotopic (exact) mass is 551 g/mol. The molecule has 0 aromatic heterocycles. The zero-order chi connectivity index (χ0) is 27.2. The second-order valence-corrected chi connectivity index (χ2v) is 11.4. The van der Waals surface area contributed by atoms with Gasteiger partial charge in [-0.1, -0.05) is 30.7 Å². The van der Waals surface area contributed by atoms with Gasteiger partial charge in [-0.25, -0.2) is 4.39 Å². The van der Waals surface area contributed by atoms with Gasteiger partial charge < -0.3 is 14.6 Å². The minimum atomic E-state index is -2.93. The lowest BCUT2D eigenvalue weighted by Crippen LogP contribution is -2.50. The number of carbonyl (C=O) groups is 1. The third-order valence-electron chi connectivity index (χ3n) is 8.69. The molecule has 1 saturated heterocycles. The minimum Gasteiger partial charge on any atom is -0.484 e. The van der Waals surface area contributed by atoms with E-state index in [2.05, 4.69) is 4.90 Å². The van der Waals surface area contributed by atoms with Crippen LogP contribution in [0.4, 0.5) is 13.2 Å². The maximum absolute atomic E-state index is 16.0. The Morgan fingerprint density at radius 3 is 2.47 bits per heavy atom. The lowest BCUT2D eigenvalue weighted by molar-refractivity contribution is -0.142. The molecule has 2 aromatic carbocycles. The third-order valence-corrected chi connectivity index (χ3v) is 8.92. The summed E-state index contributed by atoms with van der Waals surface area (Å²) in [5, 5.41) is 10.1. The normalized spacial score (nSPS) is 21.4. The Morgan fingerprint density at radius 1 is 1.13 bits per heavy atom. The molecule has 5 nitrogen and oxygen atoms in total. The SMILES string of the molecule is CC(C(=O)O)C(c1ccc2c(c1F)OC1(CC2)CCN(C(C)c2cc(Cl)ccc2OC(F)F)CC1)C1CC1. The molecule has 0 bridgehead atoms. The molecule has 1 N–H and O–H groups in total. The number of aliphatic carboxylic acids is 1. The summed E-state index contributed by atoms with van der Waals surface area (Å²) in [5.41, 5.74) is 1.33. The molecule has 2 aromatic rings. The molecule has 2 fully saturated rings. The predicted molar refractivity (Wildman–Crippen MR) is 138 cm³/mol. The van der Waals surface area contributed by atoms with Crippen LogP contribution in [0, 0.1) is 17.7 Å². The number of halogens is 4. The number of hydrogen-bond donors (Lipinski definition) is 1. The number of alkyl halides is 2. The number of fused-ring (bicyclic) bond motifs is 1. The molecule has 5 rings (SSSR count). The summed E-state index contributed by atoms with van der Waals surface area (Å²) in [6.07, 6.45) is 4.58. The van der Waals surface area contributed by atoms with Crippen molar-refractivity contribution in [3.05, 3.63) is 57.9 Å². The lowest BCUT2D eigenvalue weighted by atomic mass is 9.79. The van der Waals surface area contributed by atoms with Crippen molar-refractivity contribution in [1.82, 2.24) is 4.90 Å². The van der Waals surface area contributed by atoms with Crippen LogP contribution in [-0.2, 0) is 11.2 Å². The molecule has 206 valence electrons. The lowest BCUT2D eigenvalue weighted by Gasteiger charge is -2.46. The Labute approximate surface area is 225 Å². The number of rotatable bonds is 8. The van der Waals surface area contributed by atoms with Gasteiger partial charge in [-0.15, -0.1) is 0 Å². The number of aryl methyl sites for hydroxylation is 1. The van der Waals surface area contributed by atoms with Crippen LogP contribution in [0.5, 0.6) is 11.5 Å². The molecule has 2 heterocycles. The summed E-state index contributed by atoms with van der Waals surface area (Å²) < 4.78 is 53.1. The Balaban J connectivity index is 1.33. The first-order valence-electron chi connectivity index (χ1n) is 13.3. The van der Waals surface area contributed by atoms with E-state index in [1.165, 1.54) is 12.1 Å². The molecule has 1 aliphatic carbocycles. The van der Waals surface area contributed by atoms with E-state index in [9.17, 15) is 18.7 Å². The summed E-state index contributed by atoms with van der Waals surface area (Å²) in [6.45, 7) is 1.94. The number of carboxylic acids is 1. The number of piperidine rings is 1. The van der Waals surface area contributed by atoms with Crippen LogP contribution in [0.3, 0.4) is 0 Å². The van der Waals surface area contributed by atoms with Crippen molar-refractivity contribution in [2.45, 2.75) is 76.5 Å². The zero-order valence-electron chi connectivity index (χ0n) is 21.6. The highest BCUT2D eigenvalue weighted by atomic mass is 35.5. The van der Waals surface area contributed by atoms with Crippen LogP contribution < -0.4 is 9.47 Å². The highest BCUT2D eigenvalue weighted by Crippen LogP contribution is 2.50. The molecule has 1 spiro atoms. The van der Waals surface area contributed by atoms with Gasteiger partial charge in [0, 0.05) is 35.6 Å². The summed E-state index contributed by atoms with van der Waals surface area (Å²) in [5.74, 6) is -1.83. The van der Waals surface area contributed by atoms with E-state index >= 15 is 4.39 Å². The number of nitrogens with zero attached hydrogens (tertiary/aromatic N) is 1. The van der Waals surface area contributed by atoms with Gasteiger partial charge >= 0.3 is 12.6 Å². The van der Waals surface area contributed by atoms with E-state index < -0.39 is 29.9 Å². The first-order valence-corrected chi connectivity index (χ1v) is 13.7. The van der Waals surface area contributed by atoms with E-state index in [4.69, 9.17) is 21.1 Å². The first kappa shape index (κ1) is 27.1. The number of likely N-dealkylation sites (tertiary alicyclic amines) is 1. The van der Waals surface area contributed by atoms with Crippen LogP contribution in [-0.4, -0.2) is 41.3 Å². The van der Waals surface area contributed by atoms with Gasteiger partial charge in [-0.2, -0.15) is 8.78 Å². The van der Waals surface area contributed by atoms with Crippen molar-refractivity contribution in [3.63, 3.8) is 0 Å². The Hall–Kier alpha value is -2.45. The number of benzene rings is 2. The van der Waals surface area contributed by atoms with E-state index in [0.29, 0.717) is 48.5 Å². The molecule has 3 atom stereocenters. The second-order valence-electron chi connectivity index (χ2n) is 11.0. The van der Waals surface area contributed by atoms with Gasteiger partial charge in [0.15, 0.2) is 11.6 Å². The Bertz CT molecular complexity index is 1200. The molecule has 3 unspecified atom stereocenters. The van der Waals surface area contributed by atoms with Crippen LogP contribution in [0.1, 0.15) is 74.6 Å². The minimum absolute atomic E-state index is 0.107. The molecular weight excluding hydrogens is 519 g/mol. The highest BCUT2D eigenvalue weighted by Gasteiger charge is 2.44. The average Bonchev–Trinajstić information content (AvgIpc) is 3.72. The third kappa shape index (κ3) is 5.34. The van der Waals surface area contributed by atoms with Crippen LogP contribution in [0.25, 0.3) is 0 Å². The summed E-state index contributed by atoms with van der Waals surface area (Å²) in [7, 11) is 0. The summed E-state index contributed by atoms with van der Waals surface area (Å²) >= 11 is 6.16. The molecule has 2 aliphatic heterocycles. The number of hydrogen-bond acceptors (Lipinski definition) is 4. The number of ether oxygens (including phenoxy) is 2. The van der Waals surface area contributed by atoms with Crippen LogP contribution in [0.2, 0.25) is 5.02 Å². The molecule has 9 heteroatoms. The fourth-order valence-corrected chi connectivity index (χ4v) is 6.44. The van der Waals surface area contributed by atoms with Gasteiger partial charge in [-0.05, 0) is 80.7 Å². The summed E-state index contributed by atoms with van der Waals surface area (Å²) in [4.78, 5) is 13.9. The quantitative estimate of drug-likeness (QED) is 0.375. The molecule has 1 saturated carbocycles. The van der Waals surface area contributed by atoms with Crippen molar-refractivity contribution in [2.24, 2.45) is 11.8 Å². The Morgan fingerprint density at radius 2 is 1.84 bits per heavy atom. The van der Waals surface area contributed by atoms with Crippen molar-refractivity contribution in [2.75, 3.05) is 13.1 Å². The fraction of sp³-hybridized carbons (Fsp3) is 0.552. The number of carboxylic acid groups (broad SMARTS) is 1. The van der Waals surface area contributed by atoms with Gasteiger partial charge in [0.05, 0.1) is 5.92 Å².